The molecule has 5 rings (SSSR count). The molecule has 3 aromatic rings. The molecule has 2 N–H and O–H groups in total. The molecule has 1 unspecified atom stereocenters. The Labute approximate surface area is 200 Å². The third kappa shape index (κ3) is 4.88. The molecule has 2 heterocycles. The van der Waals surface area contributed by atoms with Gasteiger partial charge in [-0.2, -0.15) is 5.10 Å². The maximum absolute atomic E-state index is 10.9. The van der Waals surface area contributed by atoms with Crippen molar-refractivity contribution in [1.82, 2.24) is 14.7 Å². The lowest BCUT2D eigenvalue weighted by Crippen LogP contribution is -2.49. The standard InChI is InChI=1S/C26H31ClN4O2/c27-20-11-9-19(10-12-20)26-22-5-1-2-6-23(22)31(28-26)18-21(32)17-29-13-15-30(16-14-29)24-7-3-4-8-25(24)33/h3-4,7-12,21,32-33H,1-2,5-6,13-18H2. The Hall–Kier alpha value is -2.54. The first-order valence-corrected chi connectivity index (χ1v) is 12.2. The molecule has 1 aliphatic heterocycles. The number of benzene rings is 2. The summed E-state index contributed by atoms with van der Waals surface area (Å²) >= 11 is 6.08. The Bertz CT molecular complexity index is 1090. The Morgan fingerprint density at radius 2 is 1.64 bits per heavy atom. The molecule has 0 amide bonds. The van der Waals surface area contributed by atoms with Gasteiger partial charge < -0.3 is 15.1 Å². The Kier molecular flexibility index (Phi) is 6.58. The number of para-hydroxylation sites is 2. The van der Waals surface area contributed by atoms with Crippen molar-refractivity contribution in [2.45, 2.75) is 38.3 Å². The number of piperazine rings is 1. The molecule has 174 valence electrons. The van der Waals surface area contributed by atoms with Gasteiger partial charge in [-0.1, -0.05) is 35.9 Å². The largest absolute Gasteiger partial charge is 0.506 e. The lowest BCUT2D eigenvalue weighted by molar-refractivity contribution is 0.0912. The van der Waals surface area contributed by atoms with Crippen LogP contribution in [0.5, 0.6) is 5.75 Å². The van der Waals surface area contributed by atoms with Crippen molar-refractivity contribution in [3.8, 4) is 17.0 Å². The zero-order valence-electron chi connectivity index (χ0n) is 18.8. The van der Waals surface area contributed by atoms with E-state index in [2.05, 4.69) is 9.80 Å². The van der Waals surface area contributed by atoms with E-state index in [1.807, 2.05) is 47.1 Å². The number of nitrogens with zero attached hydrogens (tertiary/aromatic N) is 4. The highest BCUT2D eigenvalue weighted by atomic mass is 35.5. The number of β-amino-alcohol motifs (C(OH)–C–C–N with tert-alkyl or cyclic N) is 1. The maximum Gasteiger partial charge on any atom is 0.138 e. The fraction of sp³-hybridized carbons (Fsp3) is 0.423. The number of phenolic OH excluding ortho intramolecular Hbond substituents is 1. The van der Waals surface area contributed by atoms with Crippen LogP contribution in [0.3, 0.4) is 0 Å². The fourth-order valence-corrected chi connectivity index (χ4v) is 5.25. The van der Waals surface area contributed by atoms with Gasteiger partial charge in [0.1, 0.15) is 5.75 Å². The molecule has 1 aliphatic carbocycles. The lowest BCUT2D eigenvalue weighted by Gasteiger charge is -2.37. The van der Waals surface area contributed by atoms with Crippen molar-refractivity contribution in [3.05, 3.63) is 64.8 Å². The smallest absolute Gasteiger partial charge is 0.138 e. The Morgan fingerprint density at radius 1 is 0.909 bits per heavy atom. The van der Waals surface area contributed by atoms with Gasteiger partial charge in [-0.05, 0) is 49.9 Å². The third-order valence-corrected chi connectivity index (χ3v) is 7.07. The summed E-state index contributed by atoms with van der Waals surface area (Å²) in [5.74, 6) is 0.325. The fourth-order valence-electron chi connectivity index (χ4n) is 5.12. The average Bonchev–Trinajstić information content (AvgIpc) is 3.19. The Balaban J connectivity index is 1.24. The molecule has 1 atom stereocenters. The van der Waals surface area contributed by atoms with Crippen LogP contribution >= 0.6 is 11.6 Å². The average molecular weight is 467 g/mol. The zero-order chi connectivity index (χ0) is 22.8. The second-order valence-electron chi connectivity index (χ2n) is 9.10. The molecular formula is C26H31ClN4O2. The van der Waals surface area contributed by atoms with Crippen LogP contribution in [0.25, 0.3) is 11.3 Å². The first-order valence-electron chi connectivity index (χ1n) is 11.9. The van der Waals surface area contributed by atoms with Crippen LogP contribution in [-0.4, -0.2) is 63.7 Å². The molecule has 1 aromatic heterocycles. The van der Waals surface area contributed by atoms with Gasteiger partial charge in [0, 0.05) is 54.6 Å². The Morgan fingerprint density at radius 3 is 2.39 bits per heavy atom. The van der Waals surface area contributed by atoms with Crippen LogP contribution < -0.4 is 4.90 Å². The number of aliphatic hydroxyl groups excluding tert-OH is 1. The number of halogens is 1. The van der Waals surface area contributed by atoms with Gasteiger partial charge in [-0.15, -0.1) is 0 Å². The summed E-state index contributed by atoms with van der Waals surface area (Å²) in [6, 6.07) is 15.4. The molecule has 0 bridgehead atoms. The summed E-state index contributed by atoms with van der Waals surface area (Å²) in [4.78, 5) is 4.51. The minimum Gasteiger partial charge on any atom is -0.506 e. The van der Waals surface area contributed by atoms with Gasteiger partial charge in [0.05, 0.1) is 24.0 Å². The molecule has 7 heteroatoms. The molecule has 1 fully saturated rings. The third-order valence-electron chi connectivity index (χ3n) is 6.82. The number of hydrogen-bond acceptors (Lipinski definition) is 5. The molecule has 6 nitrogen and oxygen atoms in total. The molecule has 2 aromatic carbocycles. The molecule has 0 spiro atoms. The van der Waals surface area contributed by atoms with Crippen molar-refractivity contribution in [2.75, 3.05) is 37.6 Å². The first kappa shape index (κ1) is 22.3. The lowest BCUT2D eigenvalue weighted by atomic mass is 9.93. The van der Waals surface area contributed by atoms with Crippen molar-refractivity contribution >= 4 is 17.3 Å². The molecule has 2 aliphatic rings. The number of aromatic hydroxyl groups is 1. The normalized spacial score (nSPS) is 17.7. The monoisotopic (exact) mass is 466 g/mol. The van der Waals surface area contributed by atoms with E-state index in [1.165, 1.54) is 24.1 Å². The van der Waals surface area contributed by atoms with Crippen molar-refractivity contribution in [1.29, 1.82) is 0 Å². The second kappa shape index (κ2) is 9.75. The summed E-state index contributed by atoms with van der Waals surface area (Å²) in [5, 5.41) is 26.7. The van der Waals surface area contributed by atoms with E-state index in [0.717, 1.165) is 61.0 Å². The number of aliphatic hydroxyl groups is 1. The SMILES string of the molecule is Oc1ccccc1N1CCN(CC(O)Cn2nc(-c3ccc(Cl)cc3)c3c2CCCC3)CC1. The minimum absolute atomic E-state index is 0.325. The van der Waals surface area contributed by atoms with E-state index < -0.39 is 6.10 Å². The van der Waals surface area contributed by atoms with Crippen LogP contribution in [0.4, 0.5) is 5.69 Å². The number of rotatable bonds is 6. The molecule has 0 saturated carbocycles. The van der Waals surface area contributed by atoms with Crippen molar-refractivity contribution in [3.63, 3.8) is 0 Å². The molecule has 33 heavy (non-hydrogen) atoms. The highest BCUT2D eigenvalue weighted by Gasteiger charge is 2.25. The number of anilines is 1. The van der Waals surface area contributed by atoms with Crippen LogP contribution in [0.2, 0.25) is 5.02 Å². The van der Waals surface area contributed by atoms with Crippen molar-refractivity contribution < 1.29 is 10.2 Å². The van der Waals surface area contributed by atoms with E-state index in [4.69, 9.17) is 16.7 Å². The van der Waals surface area contributed by atoms with Crippen LogP contribution in [0.1, 0.15) is 24.1 Å². The number of aromatic nitrogens is 2. The van der Waals surface area contributed by atoms with Crippen LogP contribution in [0, 0.1) is 0 Å². The van der Waals surface area contributed by atoms with Crippen molar-refractivity contribution in [2.24, 2.45) is 0 Å². The maximum atomic E-state index is 10.9. The predicted molar refractivity (Wildman–Crippen MR) is 132 cm³/mol. The topological polar surface area (TPSA) is 64.8 Å². The molecule has 1 saturated heterocycles. The summed E-state index contributed by atoms with van der Waals surface area (Å²) in [6.07, 6.45) is 3.93. The predicted octanol–water partition coefficient (Wildman–Crippen LogP) is 3.97. The van der Waals surface area contributed by atoms with Crippen LogP contribution in [0.15, 0.2) is 48.5 Å². The van der Waals surface area contributed by atoms with Gasteiger partial charge >= 0.3 is 0 Å². The zero-order valence-corrected chi connectivity index (χ0v) is 19.6. The summed E-state index contributed by atoms with van der Waals surface area (Å²) in [6.45, 7) is 4.52. The summed E-state index contributed by atoms with van der Waals surface area (Å²) in [7, 11) is 0. The van der Waals surface area contributed by atoms with Gasteiger partial charge in [-0.25, -0.2) is 0 Å². The summed E-state index contributed by atoms with van der Waals surface area (Å²) < 4.78 is 2.04. The minimum atomic E-state index is -0.481. The summed E-state index contributed by atoms with van der Waals surface area (Å²) in [5.41, 5.74) is 5.60. The van der Waals surface area contributed by atoms with Gasteiger partial charge in [-0.3, -0.25) is 9.58 Å². The van der Waals surface area contributed by atoms with E-state index in [9.17, 15) is 10.2 Å². The van der Waals surface area contributed by atoms with E-state index in [0.29, 0.717) is 18.8 Å². The molecular weight excluding hydrogens is 436 g/mol. The van der Waals surface area contributed by atoms with E-state index >= 15 is 0 Å². The van der Waals surface area contributed by atoms with Gasteiger partial charge in [0.25, 0.3) is 0 Å². The number of hydrogen-bond donors (Lipinski definition) is 2. The quantitative estimate of drug-likeness (QED) is 0.575. The number of phenols is 1. The highest BCUT2D eigenvalue weighted by molar-refractivity contribution is 6.30. The van der Waals surface area contributed by atoms with E-state index in [1.54, 1.807) is 6.07 Å². The second-order valence-corrected chi connectivity index (χ2v) is 9.54. The highest BCUT2D eigenvalue weighted by Crippen LogP contribution is 2.32. The van der Waals surface area contributed by atoms with E-state index in [-0.39, 0.29) is 0 Å². The van der Waals surface area contributed by atoms with Gasteiger partial charge in [0.2, 0.25) is 0 Å². The molecule has 0 radical (unpaired) electrons. The number of fused-ring (bicyclic) bond motifs is 1. The van der Waals surface area contributed by atoms with Crippen LogP contribution in [-0.2, 0) is 19.4 Å². The van der Waals surface area contributed by atoms with Gasteiger partial charge in [0.15, 0.2) is 0 Å². The first-order chi connectivity index (χ1) is 16.1.